The number of anilines is 1. The molecule has 1 aromatic rings. The lowest BCUT2D eigenvalue weighted by Gasteiger charge is -2.31. The number of esters is 1. The predicted molar refractivity (Wildman–Crippen MR) is 85.4 cm³/mol. The standard InChI is InChI=1S/C13H19N3O3S.ClH/c1-9-7-16(5-4-14-9)8-11(17)15-10-3-6-20-12(10)13(18)19-2;/h3,6,9,14H,4-5,7-8H2,1-2H3,(H,15,17);1H. The molecule has 2 heterocycles. The summed E-state index contributed by atoms with van der Waals surface area (Å²) >= 11 is 1.26. The number of carbonyl (C=O) groups excluding carboxylic acids is 2. The summed E-state index contributed by atoms with van der Waals surface area (Å²) in [5.41, 5.74) is 0.523. The van der Waals surface area contributed by atoms with Crippen LogP contribution < -0.4 is 10.6 Å². The van der Waals surface area contributed by atoms with Gasteiger partial charge in [0.05, 0.1) is 19.3 Å². The topological polar surface area (TPSA) is 70.7 Å². The Bertz CT molecular complexity index is 495. The average Bonchev–Trinajstić information content (AvgIpc) is 2.85. The Labute approximate surface area is 134 Å². The van der Waals surface area contributed by atoms with Gasteiger partial charge in [0.25, 0.3) is 0 Å². The van der Waals surface area contributed by atoms with Crippen LogP contribution in [0.2, 0.25) is 0 Å². The van der Waals surface area contributed by atoms with Crippen LogP contribution in [0.25, 0.3) is 0 Å². The van der Waals surface area contributed by atoms with Gasteiger partial charge in [0.1, 0.15) is 4.88 Å². The van der Waals surface area contributed by atoms with E-state index in [0.717, 1.165) is 19.6 Å². The van der Waals surface area contributed by atoms with Crippen molar-refractivity contribution in [1.29, 1.82) is 0 Å². The third-order valence-electron chi connectivity index (χ3n) is 3.13. The van der Waals surface area contributed by atoms with E-state index in [-0.39, 0.29) is 18.3 Å². The minimum Gasteiger partial charge on any atom is -0.465 e. The van der Waals surface area contributed by atoms with Crippen LogP contribution in [0.4, 0.5) is 5.69 Å². The molecule has 1 atom stereocenters. The lowest BCUT2D eigenvalue weighted by Crippen LogP contribution is -2.51. The quantitative estimate of drug-likeness (QED) is 0.810. The van der Waals surface area contributed by atoms with Gasteiger partial charge in [-0.15, -0.1) is 23.7 Å². The van der Waals surface area contributed by atoms with Crippen LogP contribution in [-0.2, 0) is 9.53 Å². The fourth-order valence-corrected chi connectivity index (χ4v) is 2.97. The first kappa shape index (κ1) is 17.9. The van der Waals surface area contributed by atoms with E-state index in [2.05, 4.69) is 27.2 Å². The van der Waals surface area contributed by atoms with Gasteiger partial charge in [-0.25, -0.2) is 4.79 Å². The van der Waals surface area contributed by atoms with Gasteiger partial charge in [0.15, 0.2) is 0 Å². The van der Waals surface area contributed by atoms with E-state index >= 15 is 0 Å². The molecule has 1 unspecified atom stereocenters. The molecule has 2 N–H and O–H groups in total. The van der Waals surface area contributed by atoms with Crippen LogP contribution in [0, 0.1) is 0 Å². The van der Waals surface area contributed by atoms with Crippen molar-refractivity contribution >= 4 is 41.3 Å². The maximum absolute atomic E-state index is 12.0. The Balaban J connectivity index is 0.00000220. The second-order valence-corrected chi connectivity index (χ2v) is 5.71. The molecular weight excluding hydrogens is 314 g/mol. The maximum atomic E-state index is 12.0. The highest BCUT2D eigenvalue weighted by Crippen LogP contribution is 2.23. The summed E-state index contributed by atoms with van der Waals surface area (Å²) in [5, 5.41) is 7.86. The van der Waals surface area contributed by atoms with Crippen molar-refractivity contribution in [3.8, 4) is 0 Å². The van der Waals surface area contributed by atoms with Crippen LogP contribution in [0.15, 0.2) is 11.4 Å². The largest absolute Gasteiger partial charge is 0.465 e. The summed E-state index contributed by atoms with van der Waals surface area (Å²) in [6.07, 6.45) is 0. The molecule has 118 valence electrons. The fourth-order valence-electron chi connectivity index (χ4n) is 2.21. The zero-order valence-electron chi connectivity index (χ0n) is 12.0. The zero-order valence-corrected chi connectivity index (χ0v) is 13.7. The Kier molecular flexibility index (Phi) is 7.10. The molecule has 21 heavy (non-hydrogen) atoms. The SMILES string of the molecule is COC(=O)c1sccc1NC(=O)CN1CCNC(C)C1.Cl. The highest BCUT2D eigenvalue weighted by molar-refractivity contribution is 7.12. The second kappa shape index (κ2) is 8.33. The van der Waals surface area contributed by atoms with Crippen LogP contribution in [-0.4, -0.2) is 56.1 Å². The number of hydrogen-bond acceptors (Lipinski definition) is 6. The summed E-state index contributed by atoms with van der Waals surface area (Å²) in [4.78, 5) is 26.1. The summed E-state index contributed by atoms with van der Waals surface area (Å²) in [6.45, 7) is 5.02. The van der Waals surface area contributed by atoms with Crippen molar-refractivity contribution in [2.24, 2.45) is 0 Å². The number of hydrogen-bond donors (Lipinski definition) is 2. The van der Waals surface area contributed by atoms with Crippen LogP contribution in [0.5, 0.6) is 0 Å². The molecule has 1 aliphatic heterocycles. The highest BCUT2D eigenvalue weighted by Gasteiger charge is 2.20. The van der Waals surface area contributed by atoms with Crippen molar-refractivity contribution < 1.29 is 14.3 Å². The van der Waals surface area contributed by atoms with Crippen LogP contribution >= 0.6 is 23.7 Å². The average molecular weight is 334 g/mol. The molecular formula is C13H20ClN3O3S. The van der Waals surface area contributed by atoms with Gasteiger partial charge >= 0.3 is 5.97 Å². The lowest BCUT2D eigenvalue weighted by atomic mass is 10.2. The summed E-state index contributed by atoms with van der Waals surface area (Å²) in [5.74, 6) is -0.534. The molecule has 0 spiro atoms. The number of rotatable bonds is 4. The minimum atomic E-state index is -0.425. The number of halogens is 1. The molecule has 1 aliphatic rings. The van der Waals surface area contributed by atoms with Crippen LogP contribution in [0.1, 0.15) is 16.6 Å². The van der Waals surface area contributed by atoms with Crippen molar-refractivity contribution in [3.05, 3.63) is 16.3 Å². The van der Waals surface area contributed by atoms with E-state index in [0.29, 0.717) is 23.2 Å². The molecule has 1 fully saturated rings. The fraction of sp³-hybridized carbons (Fsp3) is 0.538. The van der Waals surface area contributed by atoms with Crippen molar-refractivity contribution in [1.82, 2.24) is 10.2 Å². The van der Waals surface area contributed by atoms with Crippen molar-refractivity contribution in [2.45, 2.75) is 13.0 Å². The first-order valence-corrected chi connectivity index (χ1v) is 7.39. The van der Waals surface area contributed by atoms with Gasteiger partial charge in [-0.2, -0.15) is 0 Å². The number of piperazine rings is 1. The molecule has 0 aliphatic carbocycles. The first-order valence-electron chi connectivity index (χ1n) is 6.51. The molecule has 1 saturated heterocycles. The number of amides is 1. The molecule has 2 rings (SSSR count). The monoisotopic (exact) mass is 333 g/mol. The third kappa shape index (κ3) is 4.96. The highest BCUT2D eigenvalue weighted by atomic mass is 35.5. The molecule has 1 amide bonds. The Morgan fingerprint density at radius 3 is 3.00 bits per heavy atom. The Morgan fingerprint density at radius 1 is 1.57 bits per heavy atom. The molecule has 6 nitrogen and oxygen atoms in total. The Morgan fingerprint density at radius 2 is 2.33 bits per heavy atom. The van der Waals surface area contributed by atoms with Gasteiger partial charge in [-0.05, 0) is 18.4 Å². The molecule has 1 aromatic heterocycles. The minimum absolute atomic E-state index is 0. The number of nitrogens with zero attached hydrogens (tertiary/aromatic N) is 1. The number of carbonyl (C=O) groups is 2. The maximum Gasteiger partial charge on any atom is 0.350 e. The van der Waals surface area contributed by atoms with Gasteiger partial charge in [0, 0.05) is 25.7 Å². The number of methoxy groups -OCH3 is 1. The smallest absolute Gasteiger partial charge is 0.350 e. The van der Waals surface area contributed by atoms with Gasteiger partial charge in [-0.1, -0.05) is 0 Å². The third-order valence-corrected chi connectivity index (χ3v) is 4.02. The molecule has 0 radical (unpaired) electrons. The number of thiophene rings is 1. The summed E-state index contributed by atoms with van der Waals surface area (Å²) < 4.78 is 4.68. The van der Waals surface area contributed by atoms with E-state index in [1.807, 2.05) is 0 Å². The van der Waals surface area contributed by atoms with E-state index in [1.165, 1.54) is 18.4 Å². The lowest BCUT2D eigenvalue weighted by molar-refractivity contribution is -0.117. The van der Waals surface area contributed by atoms with E-state index in [9.17, 15) is 9.59 Å². The summed E-state index contributed by atoms with van der Waals surface area (Å²) in [6, 6.07) is 2.11. The van der Waals surface area contributed by atoms with E-state index in [1.54, 1.807) is 11.4 Å². The van der Waals surface area contributed by atoms with Gasteiger partial charge < -0.3 is 15.4 Å². The summed E-state index contributed by atoms with van der Waals surface area (Å²) in [7, 11) is 1.33. The molecule has 0 saturated carbocycles. The van der Waals surface area contributed by atoms with E-state index in [4.69, 9.17) is 0 Å². The zero-order chi connectivity index (χ0) is 14.5. The van der Waals surface area contributed by atoms with Gasteiger partial charge in [0.2, 0.25) is 5.91 Å². The predicted octanol–water partition coefficient (Wildman–Crippen LogP) is 1.19. The number of nitrogens with one attached hydrogen (secondary N) is 2. The van der Waals surface area contributed by atoms with Crippen molar-refractivity contribution in [3.63, 3.8) is 0 Å². The molecule has 0 bridgehead atoms. The Hall–Kier alpha value is -1.15. The molecule has 8 heteroatoms. The first-order chi connectivity index (χ1) is 9.60. The van der Waals surface area contributed by atoms with Crippen molar-refractivity contribution in [2.75, 3.05) is 38.6 Å². The molecule has 0 aromatic carbocycles. The van der Waals surface area contributed by atoms with Gasteiger partial charge in [-0.3, -0.25) is 9.69 Å². The van der Waals surface area contributed by atoms with Crippen LogP contribution in [0.3, 0.4) is 0 Å². The van der Waals surface area contributed by atoms with E-state index < -0.39 is 5.97 Å². The normalized spacial score (nSPS) is 18.7. The number of ether oxygens (including phenoxy) is 1. The second-order valence-electron chi connectivity index (χ2n) is 4.79.